The van der Waals surface area contributed by atoms with Crippen molar-refractivity contribution in [3.8, 4) is 11.8 Å². The summed E-state index contributed by atoms with van der Waals surface area (Å²) in [6.45, 7) is 7.83. The zero-order valence-corrected chi connectivity index (χ0v) is 38.1. The SMILES string of the molecule is C[C@H](O)C/C(C(=O)O)=C1/CC[C@]2(N=C(N)N)C=C[C@@]34C[C@@]5(O)C=C[C@]6(O)C7=C8C(=O)[C@@H](CCCC[C@@H]3[C@H]2[C@@H]1O)[C@@]4(C)[C@]75CCC#CC[C@]1(C)C(=O)CC[C@@]8(C)[C@@H]1[C@@H]6/C=C/c1ccccc1. The molecule has 4 bridgehead atoms. The summed E-state index contributed by atoms with van der Waals surface area (Å²) in [4.78, 5) is 48.9. The highest BCUT2D eigenvalue weighted by Gasteiger charge is 2.86. The quantitative estimate of drug-likeness (QED) is 0.0572. The van der Waals surface area contributed by atoms with Gasteiger partial charge in [-0.05, 0) is 91.9 Å². The molecule has 0 radical (unpaired) electrons. The molecule has 11 heteroatoms. The minimum Gasteiger partial charge on any atom is -0.478 e. The Morgan fingerprint density at radius 2 is 1.69 bits per heavy atom. The van der Waals surface area contributed by atoms with Crippen LogP contribution in [0.2, 0.25) is 0 Å². The van der Waals surface area contributed by atoms with E-state index in [1.54, 1.807) is 6.08 Å². The number of aliphatic carboxylic acids is 1. The van der Waals surface area contributed by atoms with E-state index in [1.165, 1.54) is 6.92 Å². The second kappa shape index (κ2) is 14.5. The number of carbonyl (C=O) groups is 3. The molecule has 0 heterocycles. The number of guanidine groups is 1. The van der Waals surface area contributed by atoms with E-state index in [4.69, 9.17) is 16.5 Å². The summed E-state index contributed by atoms with van der Waals surface area (Å²) in [6.07, 6.45) is 14.1. The lowest BCUT2D eigenvalue weighted by Crippen LogP contribution is -2.73. The van der Waals surface area contributed by atoms with Crippen LogP contribution in [0.25, 0.3) is 6.08 Å². The van der Waals surface area contributed by atoms with Crippen molar-refractivity contribution in [1.82, 2.24) is 0 Å². The summed E-state index contributed by atoms with van der Waals surface area (Å²) in [6, 6.07) is 9.88. The van der Waals surface area contributed by atoms with Gasteiger partial charge in [0, 0.05) is 76.2 Å². The maximum atomic E-state index is 16.5. The third-order valence-corrected chi connectivity index (χ3v) is 19.5. The maximum Gasteiger partial charge on any atom is 0.331 e. The zero-order valence-electron chi connectivity index (χ0n) is 38.1. The lowest BCUT2D eigenvalue weighted by Gasteiger charge is -2.71. The predicted octanol–water partition coefficient (Wildman–Crippen LogP) is 6.11. The van der Waals surface area contributed by atoms with E-state index in [9.17, 15) is 35.1 Å². The number of fused-ring (bicyclic) bond motifs is 3. The molecule has 0 unspecified atom stereocenters. The fourth-order valence-electron chi connectivity index (χ4n) is 17.2. The molecule has 4 saturated carbocycles. The molecule has 1 aromatic rings. The van der Waals surface area contributed by atoms with Crippen molar-refractivity contribution in [3.05, 3.63) is 88.6 Å². The molecular formula is C54H65N3O8. The molecule has 1 aromatic carbocycles. The number of benzene rings is 1. The number of nitrogens with zero attached hydrogens (tertiary/aromatic N) is 1. The standard InChI is InChI=1S/C54H65N3O8/c1-31(58)29-34(45(62)63)33-19-24-51(57-46(55)56)26-25-50-30-52(64)27-28-53(65)37(18-17-32-13-7-5-8-14-32)43-47(2)21-11-6-12-22-54(52)44(53)40(48(43,3)23-20-38(47)59)42(61)36(49(50,54)4)16-10-9-15-35(50)39(51)41(33)60/h5,7-8,13-14,17-18,25-28,31,35-37,39,41,43,58,60,64-65H,9-10,12,15-16,19-24,29-30H2,1-4H3,(H,62,63)(H4,55,56,57)/b18-17+,34-33+/t31-,35+,36+,37-,39-,41+,43+,47+,48+,49+,50+,51-,52-,53+,54-/m0/s1. The first kappa shape index (κ1) is 44.2. The molecule has 9 N–H and O–H groups in total. The molecule has 65 heavy (non-hydrogen) atoms. The topological polar surface area (TPSA) is 217 Å². The Balaban J connectivity index is 1.29. The van der Waals surface area contributed by atoms with E-state index in [2.05, 4.69) is 37.8 Å². The van der Waals surface area contributed by atoms with Gasteiger partial charge in [0.15, 0.2) is 11.7 Å². The first-order chi connectivity index (χ1) is 30.7. The Morgan fingerprint density at radius 1 is 0.954 bits per heavy atom. The number of aliphatic hydroxyl groups is 4. The van der Waals surface area contributed by atoms with Gasteiger partial charge in [-0.1, -0.05) is 94.3 Å². The van der Waals surface area contributed by atoms with Crippen LogP contribution in [0, 0.1) is 68.5 Å². The molecule has 15 atom stereocenters. The van der Waals surface area contributed by atoms with Gasteiger partial charge in [-0.3, -0.25) is 9.59 Å². The molecule has 344 valence electrons. The van der Waals surface area contributed by atoms with E-state index in [-0.39, 0.29) is 55.2 Å². The van der Waals surface area contributed by atoms with Gasteiger partial charge in [-0.2, -0.15) is 0 Å². The number of hydrogen-bond acceptors (Lipinski definition) is 8. The van der Waals surface area contributed by atoms with Crippen molar-refractivity contribution in [2.75, 3.05) is 0 Å². The molecule has 10 rings (SSSR count). The molecule has 0 saturated heterocycles. The van der Waals surface area contributed by atoms with E-state index in [1.807, 2.05) is 55.5 Å². The van der Waals surface area contributed by atoms with Crippen molar-refractivity contribution in [2.45, 2.75) is 140 Å². The van der Waals surface area contributed by atoms with Gasteiger partial charge in [-0.25, -0.2) is 9.79 Å². The van der Waals surface area contributed by atoms with Crippen molar-refractivity contribution >= 4 is 29.6 Å². The van der Waals surface area contributed by atoms with Gasteiger partial charge in [-0.15, -0.1) is 11.8 Å². The lowest BCUT2D eigenvalue weighted by molar-refractivity contribution is -0.184. The molecule has 4 fully saturated rings. The normalized spacial score (nSPS) is 46.8. The number of allylic oxidation sites excluding steroid dienone is 2. The first-order valence-electron chi connectivity index (χ1n) is 24.0. The van der Waals surface area contributed by atoms with Gasteiger partial charge in [0.05, 0.1) is 23.3 Å². The summed E-state index contributed by atoms with van der Waals surface area (Å²) < 4.78 is 0. The van der Waals surface area contributed by atoms with Gasteiger partial charge >= 0.3 is 5.97 Å². The molecule has 9 aliphatic carbocycles. The van der Waals surface area contributed by atoms with Crippen LogP contribution >= 0.6 is 0 Å². The minimum atomic E-state index is -1.79. The number of carbonyl (C=O) groups excluding carboxylic acids is 2. The van der Waals surface area contributed by atoms with Crippen LogP contribution in [0.15, 0.2) is 88.0 Å². The van der Waals surface area contributed by atoms with Gasteiger partial charge in [0.2, 0.25) is 0 Å². The molecule has 2 spiro atoms. The lowest BCUT2D eigenvalue weighted by atomic mass is 9.31. The van der Waals surface area contributed by atoms with Crippen molar-refractivity contribution in [2.24, 2.45) is 73.1 Å². The number of carboxylic acids is 1. The number of nitrogens with two attached hydrogens (primary N) is 2. The van der Waals surface area contributed by atoms with E-state index in [0.29, 0.717) is 68.1 Å². The zero-order chi connectivity index (χ0) is 46.3. The Morgan fingerprint density at radius 3 is 2.40 bits per heavy atom. The summed E-state index contributed by atoms with van der Waals surface area (Å²) >= 11 is 0. The average Bonchev–Trinajstić information content (AvgIpc) is 3.40. The Kier molecular flexibility index (Phi) is 9.84. The van der Waals surface area contributed by atoms with Crippen LogP contribution in [0.4, 0.5) is 0 Å². The second-order valence-electron chi connectivity index (χ2n) is 22.2. The monoisotopic (exact) mass is 883 g/mol. The number of aliphatic imine (C=N–C) groups is 1. The Labute approximate surface area is 381 Å². The third-order valence-electron chi connectivity index (χ3n) is 19.5. The van der Waals surface area contributed by atoms with Crippen molar-refractivity contribution in [1.29, 1.82) is 0 Å². The van der Waals surface area contributed by atoms with Crippen LogP contribution in [-0.4, -0.2) is 78.0 Å². The van der Waals surface area contributed by atoms with Crippen LogP contribution < -0.4 is 11.5 Å². The highest BCUT2D eigenvalue weighted by molar-refractivity contribution is 6.04. The van der Waals surface area contributed by atoms with Crippen molar-refractivity contribution < 1.29 is 39.9 Å². The van der Waals surface area contributed by atoms with Gasteiger partial charge < -0.3 is 37.0 Å². The number of carboxylic acid groups (broad SMARTS) is 1. The van der Waals surface area contributed by atoms with E-state index >= 15 is 4.79 Å². The number of rotatable bonds is 6. The second-order valence-corrected chi connectivity index (χ2v) is 22.2. The van der Waals surface area contributed by atoms with E-state index in [0.717, 1.165) is 5.56 Å². The molecular weight excluding hydrogens is 819 g/mol. The predicted molar refractivity (Wildman–Crippen MR) is 246 cm³/mol. The summed E-state index contributed by atoms with van der Waals surface area (Å²) in [5.74, 6) is 2.55. The smallest absolute Gasteiger partial charge is 0.331 e. The number of ketones is 2. The average molecular weight is 884 g/mol. The number of aliphatic hydroxyl groups excluding tert-OH is 2. The number of Topliss-reactive ketones (excluding diaryl/α,β-unsaturated/α-hetero) is 2. The Hall–Kier alpha value is -4.60. The van der Waals surface area contributed by atoms with Gasteiger partial charge in [0.1, 0.15) is 11.4 Å². The van der Waals surface area contributed by atoms with Crippen LogP contribution in [0.3, 0.4) is 0 Å². The summed E-state index contributed by atoms with van der Waals surface area (Å²) in [7, 11) is 0. The highest BCUT2D eigenvalue weighted by Crippen LogP contribution is 2.86. The first-order valence-corrected chi connectivity index (χ1v) is 24.0. The largest absolute Gasteiger partial charge is 0.478 e. The highest BCUT2D eigenvalue weighted by atomic mass is 16.4. The molecule has 0 aromatic heterocycles. The van der Waals surface area contributed by atoms with Crippen LogP contribution in [0.5, 0.6) is 0 Å². The maximum absolute atomic E-state index is 16.5. The van der Waals surface area contributed by atoms with Crippen molar-refractivity contribution in [3.63, 3.8) is 0 Å². The van der Waals surface area contributed by atoms with E-state index < -0.39 is 91.6 Å². The van der Waals surface area contributed by atoms with Crippen LogP contribution in [-0.2, 0) is 14.4 Å². The van der Waals surface area contributed by atoms with Crippen LogP contribution in [0.1, 0.15) is 117 Å². The minimum absolute atomic E-state index is 0.0307. The van der Waals surface area contributed by atoms with Gasteiger partial charge in [0.25, 0.3) is 0 Å². The molecule has 0 aliphatic heterocycles. The third kappa shape index (κ3) is 5.46. The fraction of sp³-hybridized carbons (Fsp3) is 0.593. The summed E-state index contributed by atoms with van der Waals surface area (Å²) in [5.41, 5.74) is 5.12. The number of hydrogen-bond donors (Lipinski definition) is 7. The summed E-state index contributed by atoms with van der Waals surface area (Å²) in [5, 5.41) is 62.4. The molecule has 9 aliphatic rings. The fourth-order valence-corrected chi connectivity index (χ4v) is 17.2. The Bertz CT molecular complexity index is 2520. The molecule has 0 amide bonds. The molecule has 11 nitrogen and oxygen atoms in total.